The highest BCUT2D eigenvalue weighted by Gasteiger charge is 2.25. The van der Waals surface area contributed by atoms with Crippen molar-refractivity contribution in [3.05, 3.63) is 23.2 Å². The van der Waals surface area contributed by atoms with Gasteiger partial charge in [0, 0.05) is 28.2 Å². The zero-order valence-corrected chi connectivity index (χ0v) is 13.3. The summed E-state index contributed by atoms with van der Waals surface area (Å²) in [6.45, 7) is 0. The number of sulfonamides is 2. The maximum atomic E-state index is 12.0. The van der Waals surface area contributed by atoms with E-state index in [1.807, 2.05) is 0 Å². The molecule has 0 aromatic heterocycles. The number of benzene rings is 1. The van der Waals surface area contributed by atoms with Crippen LogP contribution in [0, 0.1) is 0 Å². The topological polar surface area (TPSA) is 74.8 Å². The van der Waals surface area contributed by atoms with E-state index in [1.165, 1.54) is 40.3 Å². The summed E-state index contributed by atoms with van der Waals surface area (Å²) in [6, 6.07) is 3.59. The molecule has 1 aromatic carbocycles. The molecular weight excluding hydrogens is 312 g/mol. The molecule has 0 N–H and O–H groups in total. The first-order chi connectivity index (χ1) is 8.51. The fraction of sp³-hybridized carbons (Fsp3) is 0.400. The van der Waals surface area contributed by atoms with Gasteiger partial charge in [0.1, 0.15) is 4.90 Å². The predicted molar refractivity (Wildman–Crippen MR) is 73.2 cm³/mol. The summed E-state index contributed by atoms with van der Waals surface area (Å²) >= 11 is 5.84. The smallest absolute Gasteiger partial charge is 0.207 e. The second kappa shape index (κ2) is 5.37. The van der Waals surface area contributed by atoms with Crippen LogP contribution < -0.4 is 0 Å². The number of halogens is 1. The Hall–Kier alpha value is -0.670. The van der Waals surface area contributed by atoms with Crippen molar-refractivity contribution >= 4 is 31.6 Å². The van der Waals surface area contributed by atoms with E-state index >= 15 is 0 Å². The van der Waals surface area contributed by atoms with E-state index in [0.29, 0.717) is 0 Å². The summed E-state index contributed by atoms with van der Waals surface area (Å²) in [5.41, 5.74) is 0. The van der Waals surface area contributed by atoms with E-state index < -0.39 is 20.0 Å². The molecule has 0 radical (unpaired) electrons. The Morgan fingerprint density at radius 2 is 1.37 bits per heavy atom. The van der Waals surface area contributed by atoms with Gasteiger partial charge in [0.05, 0.1) is 9.92 Å². The third kappa shape index (κ3) is 3.09. The lowest BCUT2D eigenvalue weighted by atomic mass is 10.4. The lowest BCUT2D eigenvalue weighted by Crippen LogP contribution is -2.25. The van der Waals surface area contributed by atoms with Gasteiger partial charge in [0.25, 0.3) is 0 Å². The number of rotatable bonds is 4. The van der Waals surface area contributed by atoms with Gasteiger partial charge in [-0.1, -0.05) is 11.6 Å². The van der Waals surface area contributed by atoms with Gasteiger partial charge in [-0.25, -0.2) is 25.4 Å². The maximum absolute atomic E-state index is 12.0. The SMILES string of the molecule is CN(C)S(=O)(=O)c1ccc(Cl)c(S(=O)(=O)N(C)C)c1. The molecule has 0 aliphatic carbocycles. The fourth-order valence-electron chi connectivity index (χ4n) is 1.25. The van der Waals surface area contributed by atoms with Crippen LogP contribution in [0.1, 0.15) is 0 Å². The molecule has 0 saturated carbocycles. The molecule has 108 valence electrons. The molecule has 0 bridgehead atoms. The molecule has 6 nitrogen and oxygen atoms in total. The van der Waals surface area contributed by atoms with E-state index in [2.05, 4.69) is 0 Å². The molecule has 0 amide bonds. The second-order valence-electron chi connectivity index (χ2n) is 4.17. The Bertz CT molecular complexity index is 681. The Morgan fingerprint density at radius 1 is 0.895 bits per heavy atom. The lowest BCUT2D eigenvalue weighted by Gasteiger charge is -2.15. The normalized spacial score (nSPS) is 13.2. The average Bonchev–Trinajstić information content (AvgIpc) is 2.28. The van der Waals surface area contributed by atoms with Crippen molar-refractivity contribution in [3.8, 4) is 0 Å². The van der Waals surface area contributed by atoms with Crippen molar-refractivity contribution in [2.75, 3.05) is 28.2 Å². The molecule has 0 spiro atoms. The number of hydrogen-bond acceptors (Lipinski definition) is 4. The van der Waals surface area contributed by atoms with E-state index in [0.717, 1.165) is 14.7 Å². The molecule has 0 saturated heterocycles. The highest BCUT2D eigenvalue weighted by molar-refractivity contribution is 7.90. The minimum Gasteiger partial charge on any atom is -0.207 e. The number of nitrogens with zero attached hydrogens (tertiary/aromatic N) is 2. The van der Waals surface area contributed by atoms with E-state index in [1.54, 1.807) is 0 Å². The average molecular weight is 327 g/mol. The summed E-state index contributed by atoms with van der Waals surface area (Å²) in [5.74, 6) is 0. The minimum absolute atomic E-state index is 0.0218. The van der Waals surface area contributed by atoms with Crippen molar-refractivity contribution in [2.24, 2.45) is 0 Å². The molecule has 9 heteroatoms. The van der Waals surface area contributed by atoms with E-state index in [9.17, 15) is 16.8 Å². The van der Waals surface area contributed by atoms with Crippen molar-refractivity contribution in [2.45, 2.75) is 9.79 Å². The largest absolute Gasteiger partial charge is 0.244 e. The van der Waals surface area contributed by atoms with Gasteiger partial charge >= 0.3 is 0 Å². The summed E-state index contributed by atoms with van der Waals surface area (Å²) in [7, 11) is -2.09. The van der Waals surface area contributed by atoms with Crippen molar-refractivity contribution < 1.29 is 16.8 Å². The first-order valence-corrected chi connectivity index (χ1v) is 8.41. The zero-order chi connectivity index (χ0) is 15.0. The molecule has 0 fully saturated rings. The molecule has 0 aliphatic rings. The summed E-state index contributed by atoms with van der Waals surface area (Å²) in [5, 5.41) is -0.0218. The van der Waals surface area contributed by atoms with Crippen molar-refractivity contribution in [1.82, 2.24) is 8.61 Å². The summed E-state index contributed by atoms with van der Waals surface area (Å²) < 4.78 is 50.0. The first kappa shape index (κ1) is 16.4. The fourth-order valence-corrected chi connectivity index (χ4v) is 3.65. The highest BCUT2D eigenvalue weighted by atomic mass is 35.5. The van der Waals surface area contributed by atoms with Crippen LogP contribution in [0.5, 0.6) is 0 Å². The van der Waals surface area contributed by atoms with Crippen LogP contribution in [0.4, 0.5) is 0 Å². The maximum Gasteiger partial charge on any atom is 0.244 e. The Balaban J connectivity index is 3.56. The molecule has 1 aromatic rings. The van der Waals surface area contributed by atoms with Crippen LogP contribution in [-0.2, 0) is 20.0 Å². The van der Waals surface area contributed by atoms with Crippen LogP contribution in [-0.4, -0.2) is 53.6 Å². The van der Waals surface area contributed by atoms with Gasteiger partial charge in [0.15, 0.2) is 0 Å². The van der Waals surface area contributed by atoms with E-state index in [4.69, 9.17) is 11.6 Å². The summed E-state index contributed by atoms with van der Waals surface area (Å²) in [6.07, 6.45) is 0. The van der Waals surface area contributed by atoms with Gasteiger partial charge in [0.2, 0.25) is 20.0 Å². The predicted octanol–water partition coefficient (Wildman–Crippen LogP) is 0.841. The lowest BCUT2D eigenvalue weighted by molar-refractivity contribution is 0.517. The van der Waals surface area contributed by atoms with E-state index in [-0.39, 0.29) is 14.8 Å². The molecule has 0 atom stereocenters. The van der Waals surface area contributed by atoms with Gasteiger partial charge in [-0.05, 0) is 18.2 Å². The van der Waals surface area contributed by atoms with Gasteiger partial charge in [-0.15, -0.1) is 0 Å². The van der Waals surface area contributed by atoms with Crippen molar-refractivity contribution in [3.63, 3.8) is 0 Å². The molecular formula is C10H15ClN2O4S2. The zero-order valence-electron chi connectivity index (χ0n) is 11.0. The van der Waals surface area contributed by atoms with Crippen LogP contribution in [0.15, 0.2) is 28.0 Å². The third-order valence-electron chi connectivity index (χ3n) is 2.44. The number of hydrogen-bond donors (Lipinski definition) is 0. The molecule has 1 rings (SSSR count). The highest BCUT2D eigenvalue weighted by Crippen LogP contribution is 2.27. The van der Waals surface area contributed by atoms with Crippen LogP contribution in [0.3, 0.4) is 0 Å². The van der Waals surface area contributed by atoms with Gasteiger partial charge in [-0.2, -0.15) is 0 Å². The monoisotopic (exact) mass is 326 g/mol. The Labute approximate surface area is 118 Å². The second-order valence-corrected chi connectivity index (χ2v) is 8.85. The first-order valence-electron chi connectivity index (χ1n) is 5.16. The Morgan fingerprint density at radius 3 is 1.79 bits per heavy atom. The van der Waals surface area contributed by atoms with Crippen LogP contribution in [0.2, 0.25) is 5.02 Å². The molecule has 0 aliphatic heterocycles. The quantitative estimate of drug-likeness (QED) is 0.821. The van der Waals surface area contributed by atoms with Gasteiger partial charge in [-0.3, -0.25) is 0 Å². The third-order valence-corrected chi connectivity index (χ3v) is 6.55. The Kier molecular flexibility index (Phi) is 4.63. The van der Waals surface area contributed by atoms with Gasteiger partial charge < -0.3 is 0 Å². The molecule has 0 unspecified atom stereocenters. The van der Waals surface area contributed by atoms with Crippen molar-refractivity contribution in [1.29, 1.82) is 0 Å². The minimum atomic E-state index is -3.80. The summed E-state index contributed by atoms with van der Waals surface area (Å²) in [4.78, 5) is -0.357. The van der Waals surface area contributed by atoms with Crippen LogP contribution >= 0.6 is 11.6 Å². The molecule has 0 heterocycles. The standard InChI is InChI=1S/C10H15ClN2O4S2/c1-12(2)18(14,15)8-5-6-9(11)10(7-8)19(16,17)13(3)4/h5-7H,1-4H3. The van der Waals surface area contributed by atoms with Crippen LogP contribution in [0.25, 0.3) is 0 Å². The molecule has 19 heavy (non-hydrogen) atoms.